The fourth-order valence-corrected chi connectivity index (χ4v) is 1.35. The van der Waals surface area contributed by atoms with Gasteiger partial charge in [0, 0.05) is 5.39 Å². The van der Waals surface area contributed by atoms with Gasteiger partial charge < -0.3 is 5.32 Å². The second-order valence-electron chi connectivity index (χ2n) is 2.68. The zero-order chi connectivity index (χ0) is 9.10. The molecule has 0 bridgehead atoms. The number of rotatable bonds is 3. The molecule has 0 amide bonds. The van der Waals surface area contributed by atoms with E-state index in [1.165, 1.54) is 5.49 Å². The molecular weight excluding hydrogens is 182 g/mol. The van der Waals surface area contributed by atoms with Crippen molar-refractivity contribution in [3.63, 3.8) is 0 Å². The predicted octanol–water partition coefficient (Wildman–Crippen LogP) is 1.54. The zero-order valence-electron chi connectivity index (χ0n) is 6.97. The monoisotopic (exact) mass is 191 g/mol. The van der Waals surface area contributed by atoms with Gasteiger partial charge in [0.1, 0.15) is 6.67 Å². The van der Waals surface area contributed by atoms with Crippen LogP contribution in [0, 0.1) is 0 Å². The zero-order valence-corrected chi connectivity index (χ0v) is 7.79. The Labute approximate surface area is 81.4 Å². The maximum atomic E-state index is 4.67. The van der Waals surface area contributed by atoms with Gasteiger partial charge in [-0.25, -0.2) is 4.68 Å². The fourth-order valence-electron chi connectivity index (χ4n) is 1.28. The van der Waals surface area contributed by atoms with Crippen molar-refractivity contribution in [2.45, 2.75) is 6.67 Å². The lowest BCUT2D eigenvalue weighted by molar-refractivity contribution is 0.617. The molecule has 4 heteroatoms. The van der Waals surface area contributed by atoms with Gasteiger partial charge in [0.25, 0.3) is 0 Å². The summed E-state index contributed by atoms with van der Waals surface area (Å²) < 4.78 is 1.87. The molecule has 1 aromatic carbocycles. The first-order valence-electron chi connectivity index (χ1n) is 3.99. The van der Waals surface area contributed by atoms with E-state index in [-0.39, 0.29) is 0 Å². The molecule has 1 heterocycles. The average molecular weight is 191 g/mol. The van der Waals surface area contributed by atoms with Crippen molar-refractivity contribution < 1.29 is 0 Å². The molecule has 0 aliphatic rings. The Morgan fingerprint density at radius 3 is 3.15 bits per heavy atom. The summed E-state index contributed by atoms with van der Waals surface area (Å²) in [6.07, 6.45) is 1.85. The Bertz CT molecular complexity index is 421. The quantitative estimate of drug-likeness (QED) is 0.746. The van der Waals surface area contributed by atoms with Crippen LogP contribution in [0.4, 0.5) is 0 Å². The van der Waals surface area contributed by atoms with Crippen LogP contribution in [0.15, 0.2) is 30.5 Å². The van der Waals surface area contributed by atoms with E-state index >= 15 is 0 Å². The van der Waals surface area contributed by atoms with Crippen LogP contribution in [0.3, 0.4) is 0 Å². The Morgan fingerprint density at radius 1 is 1.46 bits per heavy atom. The van der Waals surface area contributed by atoms with Crippen molar-refractivity contribution in [3.05, 3.63) is 30.5 Å². The molecule has 0 fully saturated rings. The van der Waals surface area contributed by atoms with E-state index in [0.717, 1.165) is 10.9 Å². The highest BCUT2D eigenvalue weighted by Crippen LogP contribution is 2.11. The van der Waals surface area contributed by atoms with Crippen LogP contribution in [-0.4, -0.2) is 15.3 Å². The molecule has 0 saturated heterocycles. The summed E-state index contributed by atoms with van der Waals surface area (Å²) in [5.74, 6) is 0. The van der Waals surface area contributed by atoms with Gasteiger partial charge in [-0.2, -0.15) is 5.10 Å². The van der Waals surface area contributed by atoms with Gasteiger partial charge in [-0.3, -0.25) is 0 Å². The topological polar surface area (TPSA) is 29.9 Å². The van der Waals surface area contributed by atoms with Crippen LogP contribution < -0.4 is 5.32 Å². The molecule has 66 valence electrons. The predicted molar refractivity (Wildman–Crippen MR) is 56.5 cm³/mol. The first-order chi connectivity index (χ1) is 6.42. The first kappa shape index (κ1) is 8.19. The lowest BCUT2D eigenvalue weighted by Gasteiger charge is -2.01. The van der Waals surface area contributed by atoms with Gasteiger partial charge >= 0.3 is 0 Å². The molecule has 1 aromatic heterocycles. The molecule has 2 aromatic rings. The molecule has 0 saturated carbocycles. The number of thiocarbonyl (C=S) groups is 1. The minimum absolute atomic E-state index is 0.622. The van der Waals surface area contributed by atoms with E-state index < -0.39 is 0 Å². The lowest BCUT2D eigenvalue weighted by Crippen LogP contribution is -2.16. The Kier molecular flexibility index (Phi) is 2.23. The second-order valence-corrected chi connectivity index (χ2v) is 2.92. The van der Waals surface area contributed by atoms with Crippen LogP contribution >= 0.6 is 12.2 Å². The summed E-state index contributed by atoms with van der Waals surface area (Å²) in [5, 5.41) is 8.30. The molecule has 0 spiro atoms. The minimum atomic E-state index is 0.622. The molecule has 13 heavy (non-hydrogen) atoms. The Hall–Kier alpha value is -1.42. The van der Waals surface area contributed by atoms with Crippen molar-refractivity contribution >= 4 is 28.6 Å². The lowest BCUT2D eigenvalue weighted by atomic mass is 10.3. The summed E-state index contributed by atoms with van der Waals surface area (Å²) in [7, 11) is 0. The number of nitrogens with one attached hydrogen (secondary N) is 1. The second kappa shape index (κ2) is 3.53. The van der Waals surface area contributed by atoms with Crippen LogP contribution in [0.25, 0.3) is 10.9 Å². The van der Waals surface area contributed by atoms with Gasteiger partial charge in [-0.15, -0.1) is 0 Å². The number of hydrogen-bond acceptors (Lipinski definition) is 2. The van der Waals surface area contributed by atoms with E-state index in [4.69, 9.17) is 0 Å². The molecule has 0 aliphatic carbocycles. The van der Waals surface area contributed by atoms with Gasteiger partial charge in [-0.1, -0.05) is 30.4 Å². The van der Waals surface area contributed by atoms with Crippen molar-refractivity contribution in [3.8, 4) is 0 Å². The number of nitrogens with zero attached hydrogens (tertiary/aromatic N) is 2. The highest BCUT2D eigenvalue weighted by Gasteiger charge is 1.98. The highest BCUT2D eigenvalue weighted by molar-refractivity contribution is 7.78. The van der Waals surface area contributed by atoms with Crippen molar-refractivity contribution in [1.29, 1.82) is 0 Å². The summed E-state index contributed by atoms with van der Waals surface area (Å²) in [4.78, 5) is 0. The smallest absolute Gasteiger partial charge is 0.110 e. The first-order valence-corrected chi connectivity index (χ1v) is 4.46. The Morgan fingerprint density at radius 2 is 2.31 bits per heavy atom. The number of hydrogen-bond donors (Lipinski definition) is 1. The average Bonchev–Trinajstić information content (AvgIpc) is 2.58. The van der Waals surface area contributed by atoms with Crippen LogP contribution in [0.5, 0.6) is 0 Å². The molecule has 2 rings (SSSR count). The van der Waals surface area contributed by atoms with Gasteiger partial charge in [-0.05, 0) is 6.07 Å². The largest absolute Gasteiger partial charge is 0.363 e. The van der Waals surface area contributed by atoms with E-state index in [2.05, 4.69) is 22.6 Å². The molecule has 0 atom stereocenters. The Balaban J connectivity index is 2.40. The SMILES string of the molecule is S=CNCn1ncc2ccccc21. The normalized spacial score (nSPS) is 10.2. The van der Waals surface area contributed by atoms with Gasteiger partial charge in [0.2, 0.25) is 0 Å². The summed E-state index contributed by atoms with van der Waals surface area (Å²) in [5.41, 5.74) is 2.61. The molecule has 0 unspecified atom stereocenters. The summed E-state index contributed by atoms with van der Waals surface area (Å²) in [6.45, 7) is 0.622. The number of fused-ring (bicyclic) bond motifs is 1. The number of aromatic nitrogens is 2. The van der Waals surface area contributed by atoms with Crippen molar-refractivity contribution in [2.24, 2.45) is 0 Å². The molecular formula is C9H9N3S. The summed E-state index contributed by atoms with van der Waals surface area (Å²) in [6, 6.07) is 8.07. The maximum Gasteiger partial charge on any atom is 0.110 e. The fraction of sp³-hybridized carbons (Fsp3) is 0.111. The van der Waals surface area contributed by atoms with Crippen molar-refractivity contribution in [2.75, 3.05) is 0 Å². The van der Waals surface area contributed by atoms with Gasteiger partial charge in [0.05, 0.1) is 17.2 Å². The van der Waals surface area contributed by atoms with Crippen LogP contribution in [0.2, 0.25) is 0 Å². The number of benzene rings is 1. The molecule has 3 nitrogen and oxygen atoms in total. The third-order valence-electron chi connectivity index (χ3n) is 1.88. The van der Waals surface area contributed by atoms with E-state index in [0.29, 0.717) is 6.67 Å². The summed E-state index contributed by atoms with van der Waals surface area (Å²) >= 11 is 4.67. The van der Waals surface area contributed by atoms with E-state index in [9.17, 15) is 0 Å². The highest BCUT2D eigenvalue weighted by atomic mass is 32.1. The van der Waals surface area contributed by atoms with Crippen LogP contribution in [-0.2, 0) is 6.67 Å². The molecule has 1 N–H and O–H groups in total. The molecule has 0 radical (unpaired) electrons. The molecule has 0 aliphatic heterocycles. The number of para-hydroxylation sites is 1. The minimum Gasteiger partial charge on any atom is -0.363 e. The van der Waals surface area contributed by atoms with E-state index in [1.54, 1.807) is 0 Å². The maximum absolute atomic E-state index is 4.67. The van der Waals surface area contributed by atoms with Crippen molar-refractivity contribution in [1.82, 2.24) is 15.1 Å². The third kappa shape index (κ3) is 1.53. The third-order valence-corrected chi connectivity index (χ3v) is 2.04. The van der Waals surface area contributed by atoms with E-state index in [1.807, 2.05) is 35.1 Å². The van der Waals surface area contributed by atoms with Crippen LogP contribution in [0.1, 0.15) is 0 Å². The van der Waals surface area contributed by atoms with Gasteiger partial charge in [0.15, 0.2) is 0 Å². The standard InChI is InChI=1S/C9H9N3S/c13-7-10-6-12-9-4-2-1-3-8(9)5-11-12/h1-5,7H,6H2,(H,10,13).